The lowest BCUT2D eigenvalue weighted by molar-refractivity contribution is 1.38. The summed E-state index contributed by atoms with van der Waals surface area (Å²) in [5.41, 5.74) is 0. The van der Waals surface area contributed by atoms with Crippen LogP contribution in [-0.2, 0) is 0 Å². The molecule has 0 aromatic carbocycles. The molecule has 2 heteroatoms. The van der Waals surface area contributed by atoms with Gasteiger partial charge in [-0.3, -0.25) is 0 Å². The summed E-state index contributed by atoms with van der Waals surface area (Å²) in [6.45, 7) is 1.71. The molecule has 0 amide bonds. The Hall–Kier alpha value is 0.355. The van der Waals surface area contributed by atoms with E-state index in [1.54, 1.807) is 6.92 Å². The molecule has 1 atom stereocenters. The molecule has 0 aliphatic heterocycles. The Balaban J connectivity index is 2.32. The van der Waals surface area contributed by atoms with E-state index in [2.05, 4.69) is 0 Å². The molecule has 0 nitrogen and oxygen atoms in total. The lowest BCUT2D eigenvalue weighted by Crippen LogP contribution is -1.81. The number of hydrogen-bond acceptors (Lipinski definition) is 0. The predicted octanol–water partition coefficient (Wildman–Crippen LogP) is 0.740. The van der Waals surface area contributed by atoms with Crippen LogP contribution in [0.4, 0.5) is 0 Å². The van der Waals surface area contributed by atoms with Gasteiger partial charge in [0.15, 0.2) is 0 Å². The molecule has 0 spiro atoms. The first-order valence-corrected chi connectivity index (χ1v) is 1.57. The van der Waals surface area contributed by atoms with Crippen molar-refractivity contribution in [3.05, 3.63) is 0 Å². The molecule has 0 N–H and O–H groups in total. The number of alkyl halides is 1. The first kappa shape index (κ1) is 4.35. The van der Waals surface area contributed by atoms with E-state index in [0.717, 1.165) is 0 Å². The van der Waals surface area contributed by atoms with Gasteiger partial charge in [0.2, 0.25) is 0 Å². The molecular formula is C2H4BCl. The molecule has 0 heterocycles. The van der Waals surface area contributed by atoms with Crippen molar-refractivity contribution < 1.29 is 0 Å². The second kappa shape index (κ2) is 1.65. The zero-order valence-corrected chi connectivity index (χ0v) is 3.29. The summed E-state index contributed by atoms with van der Waals surface area (Å²) >= 11 is 5.05. The molecule has 2 radical (unpaired) electrons. The summed E-state index contributed by atoms with van der Waals surface area (Å²) < 4.78 is 0. The van der Waals surface area contributed by atoms with Crippen molar-refractivity contribution in [3.63, 3.8) is 0 Å². The lowest BCUT2D eigenvalue weighted by Gasteiger charge is -1.75. The standard InChI is InChI=1S/C2H4BCl/c1-2(3)4/h2H,1H3. The van der Waals surface area contributed by atoms with Crippen LogP contribution < -0.4 is 0 Å². The Labute approximate surface area is 32.6 Å². The van der Waals surface area contributed by atoms with Crippen molar-refractivity contribution >= 4 is 19.4 Å². The average Bonchev–Trinajstić information content (AvgIpc) is 0.811. The van der Waals surface area contributed by atoms with Crippen molar-refractivity contribution in [1.82, 2.24) is 0 Å². The molecule has 22 valence electrons. The SMILES string of the molecule is [B]C(C)Cl. The third kappa shape index (κ3) is 34.3. The van der Waals surface area contributed by atoms with Gasteiger partial charge in [-0.15, -0.1) is 11.6 Å². The van der Waals surface area contributed by atoms with Gasteiger partial charge in [0, 0.05) is 0 Å². The molecule has 0 rings (SSSR count). The van der Waals surface area contributed by atoms with E-state index in [0.29, 0.717) is 0 Å². The fourth-order valence-corrected chi connectivity index (χ4v) is 0. The summed E-state index contributed by atoms with van der Waals surface area (Å²) in [5.74, 6) is 0. The molecule has 1 unspecified atom stereocenters. The highest BCUT2D eigenvalue weighted by Gasteiger charge is 1.72. The molecule has 0 fully saturated rings. The zero-order valence-electron chi connectivity index (χ0n) is 2.53. The summed E-state index contributed by atoms with van der Waals surface area (Å²) in [4.78, 5) is 0. The monoisotopic (exact) mass is 74.0 g/mol. The van der Waals surface area contributed by atoms with E-state index in [-0.39, 0.29) is 5.28 Å². The van der Waals surface area contributed by atoms with Crippen LogP contribution in [0.25, 0.3) is 0 Å². The maximum absolute atomic E-state index is 5.05. The van der Waals surface area contributed by atoms with Crippen LogP contribution in [0.15, 0.2) is 0 Å². The average molecular weight is 74.3 g/mol. The molecule has 0 bridgehead atoms. The number of rotatable bonds is 0. The minimum absolute atomic E-state index is 0.194. The van der Waals surface area contributed by atoms with E-state index in [4.69, 9.17) is 19.4 Å². The highest BCUT2D eigenvalue weighted by Crippen LogP contribution is 1.78. The quantitative estimate of drug-likeness (QED) is 0.294. The van der Waals surface area contributed by atoms with E-state index < -0.39 is 0 Å². The highest BCUT2D eigenvalue weighted by molar-refractivity contribution is 6.40. The summed E-state index contributed by atoms with van der Waals surface area (Å²) in [6.07, 6.45) is 0. The Morgan fingerprint density at radius 1 is 2.00 bits per heavy atom. The molecule has 0 aromatic rings. The van der Waals surface area contributed by atoms with Crippen molar-refractivity contribution in [2.24, 2.45) is 0 Å². The summed E-state index contributed by atoms with van der Waals surface area (Å²) in [7, 11) is 4.88. The van der Waals surface area contributed by atoms with Crippen molar-refractivity contribution in [2.75, 3.05) is 0 Å². The predicted molar refractivity (Wildman–Crippen MR) is 21.1 cm³/mol. The Morgan fingerprint density at radius 3 is 2.00 bits per heavy atom. The normalized spacial score (nSPS) is 15.5. The van der Waals surface area contributed by atoms with E-state index in [9.17, 15) is 0 Å². The van der Waals surface area contributed by atoms with Crippen LogP contribution in [0, 0.1) is 0 Å². The van der Waals surface area contributed by atoms with Crippen LogP contribution in [0.2, 0.25) is 0 Å². The van der Waals surface area contributed by atoms with Crippen LogP contribution in [-0.4, -0.2) is 13.1 Å². The fourth-order valence-electron chi connectivity index (χ4n) is 0. The third-order valence-electron chi connectivity index (χ3n) is 0. The molecule has 4 heavy (non-hydrogen) atoms. The maximum Gasteiger partial charge on any atom is 0.0913 e. The van der Waals surface area contributed by atoms with Crippen molar-refractivity contribution in [3.8, 4) is 0 Å². The van der Waals surface area contributed by atoms with E-state index >= 15 is 0 Å². The Morgan fingerprint density at radius 2 is 2.00 bits per heavy atom. The number of hydrogen-bond donors (Lipinski definition) is 0. The van der Waals surface area contributed by atoms with Crippen molar-refractivity contribution in [2.45, 2.75) is 12.2 Å². The largest absolute Gasteiger partial charge is 0.134 e. The molecule has 0 aliphatic carbocycles. The van der Waals surface area contributed by atoms with Gasteiger partial charge in [-0.1, -0.05) is 6.92 Å². The fraction of sp³-hybridized carbons (Fsp3) is 1.00. The number of halogens is 1. The van der Waals surface area contributed by atoms with Gasteiger partial charge < -0.3 is 0 Å². The third-order valence-corrected chi connectivity index (χ3v) is 0. The molecule has 0 saturated carbocycles. The minimum atomic E-state index is -0.194. The first-order chi connectivity index (χ1) is 1.73. The molecule has 0 saturated heterocycles. The second-order valence-electron chi connectivity index (χ2n) is 0.678. The van der Waals surface area contributed by atoms with Gasteiger partial charge in [-0.25, -0.2) is 0 Å². The Kier molecular flexibility index (Phi) is 1.80. The van der Waals surface area contributed by atoms with Crippen molar-refractivity contribution in [1.29, 1.82) is 0 Å². The topological polar surface area (TPSA) is 0 Å². The second-order valence-corrected chi connectivity index (χ2v) is 1.37. The van der Waals surface area contributed by atoms with Crippen LogP contribution in [0.3, 0.4) is 0 Å². The molecule has 0 aliphatic rings. The van der Waals surface area contributed by atoms with Crippen LogP contribution >= 0.6 is 11.6 Å². The maximum atomic E-state index is 5.05. The van der Waals surface area contributed by atoms with Gasteiger partial charge in [-0.05, 0) is 5.28 Å². The summed E-state index contributed by atoms with van der Waals surface area (Å²) in [5, 5.41) is -0.194. The van der Waals surface area contributed by atoms with E-state index in [1.165, 1.54) is 0 Å². The van der Waals surface area contributed by atoms with Gasteiger partial charge in [0.05, 0.1) is 7.85 Å². The van der Waals surface area contributed by atoms with Gasteiger partial charge in [0.1, 0.15) is 0 Å². The highest BCUT2D eigenvalue weighted by atomic mass is 35.5. The van der Waals surface area contributed by atoms with E-state index in [1.807, 2.05) is 0 Å². The minimum Gasteiger partial charge on any atom is -0.134 e. The molecule has 0 aromatic heterocycles. The van der Waals surface area contributed by atoms with Gasteiger partial charge >= 0.3 is 0 Å². The van der Waals surface area contributed by atoms with Gasteiger partial charge in [0.25, 0.3) is 0 Å². The summed E-state index contributed by atoms with van der Waals surface area (Å²) in [6, 6.07) is 0. The smallest absolute Gasteiger partial charge is 0.0913 e. The zero-order chi connectivity index (χ0) is 3.58. The van der Waals surface area contributed by atoms with Crippen LogP contribution in [0.5, 0.6) is 0 Å². The Bertz CT molecular complexity index is 10.8. The lowest BCUT2D eigenvalue weighted by atomic mass is 10.1. The van der Waals surface area contributed by atoms with Gasteiger partial charge in [-0.2, -0.15) is 0 Å². The first-order valence-electron chi connectivity index (χ1n) is 1.13. The molecular weight excluding hydrogens is 70.3 g/mol. The van der Waals surface area contributed by atoms with Crippen LogP contribution in [0.1, 0.15) is 6.92 Å².